The molecule has 0 aliphatic carbocycles. The molecule has 0 saturated heterocycles. The van der Waals surface area contributed by atoms with E-state index in [9.17, 15) is 0 Å². The van der Waals surface area contributed by atoms with E-state index in [0.29, 0.717) is 12.5 Å². The van der Waals surface area contributed by atoms with Gasteiger partial charge in [-0.3, -0.25) is 4.99 Å². The fraction of sp³-hybridized carbons (Fsp3) is 0.462. The number of likely N-dealkylation sites (N-methyl/N-ethyl adjacent to an activating group) is 1. The van der Waals surface area contributed by atoms with Gasteiger partial charge in [-0.25, -0.2) is 0 Å². The van der Waals surface area contributed by atoms with Crippen molar-refractivity contribution in [3.63, 3.8) is 0 Å². The van der Waals surface area contributed by atoms with Crippen molar-refractivity contribution < 1.29 is 4.74 Å². The van der Waals surface area contributed by atoms with Crippen LogP contribution in [0.3, 0.4) is 0 Å². The summed E-state index contributed by atoms with van der Waals surface area (Å²) in [6.45, 7) is 5.80. The van der Waals surface area contributed by atoms with E-state index in [1.165, 1.54) is 5.56 Å². The van der Waals surface area contributed by atoms with Gasteiger partial charge in [-0.15, -0.1) is 0 Å². The number of guanidine groups is 1. The molecule has 1 aliphatic rings. The van der Waals surface area contributed by atoms with Crippen LogP contribution in [0.1, 0.15) is 19.4 Å². The summed E-state index contributed by atoms with van der Waals surface area (Å²) in [6, 6.07) is 8.10. The molecule has 1 heterocycles. The van der Waals surface area contributed by atoms with Crippen molar-refractivity contribution in [3.05, 3.63) is 29.8 Å². The van der Waals surface area contributed by atoms with Crippen LogP contribution in [0.2, 0.25) is 0 Å². The lowest BCUT2D eigenvalue weighted by Crippen LogP contribution is -2.47. The van der Waals surface area contributed by atoms with Crippen LogP contribution in [0.4, 0.5) is 0 Å². The second-order valence-corrected chi connectivity index (χ2v) is 4.42. The van der Waals surface area contributed by atoms with Gasteiger partial charge in [0.25, 0.3) is 0 Å². The first-order chi connectivity index (χ1) is 8.11. The molecule has 4 nitrogen and oxygen atoms in total. The maximum absolute atomic E-state index is 5.92. The molecule has 92 valence electrons. The Balaban J connectivity index is 2.38. The zero-order valence-electron chi connectivity index (χ0n) is 10.6. The van der Waals surface area contributed by atoms with Crippen LogP contribution in [0.15, 0.2) is 29.3 Å². The van der Waals surface area contributed by atoms with Gasteiger partial charge in [-0.05, 0) is 31.5 Å². The van der Waals surface area contributed by atoms with E-state index in [4.69, 9.17) is 10.5 Å². The number of rotatable bonds is 3. The van der Waals surface area contributed by atoms with Crippen LogP contribution in [0.25, 0.3) is 0 Å². The first-order valence-electron chi connectivity index (χ1n) is 5.84. The third-order valence-electron chi connectivity index (χ3n) is 3.43. The van der Waals surface area contributed by atoms with Gasteiger partial charge in [0.2, 0.25) is 0 Å². The molecule has 1 atom stereocenters. The van der Waals surface area contributed by atoms with Gasteiger partial charge >= 0.3 is 0 Å². The lowest BCUT2D eigenvalue weighted by molar-refractivity contribution is 0.234. The zero-order valence-corrected chi connectivity index (χ0v) is 10.6. The van der Waals surface area contributed by atoms with Crippen LogP contribution < -0.4 is 10.5 Å². The quantitative estimate of drug-likeness (QED) is 0.862. The van der Waals surface area contributed by atoms with Crippen LogP contribution in [0, 0.1) is 0 Å². The van der Waals surface area contributed by atoms with Crippen molar-refractivity contribution in [2.24, 2.45) is 10.7 Å². The lowest BCUT2D eigenvalue weighted by Gasteiger charge is -2.36. The van der Waals surface area contributed by atoms with Crippen molar-refractivity contribution in [2.75, 3.05) is 20.2 Å². The Morgan fingerprint density at radius 2 is 2.29 bits per heavy atom. The SMILES string of the molecule is CCN1C(N)=NCC1(C)c1cccc(OC)c1. The maximum atomic E-state index is 5.92. The van der Waals surface area contributed by atoms with Gasteiger partial charge in [-0.2, -0.15) is 0 Å². The van der Waals surface area contributed by atoms with Crippen molar-refractivity contribution in [1.29, 1.82) is 0 Å². The molecule has 17 heavy (non-hydrogen) atoms. The molecule has 1 aliphatic heterocycles. The second-order valence-electron chi connectivity index (χ2n) is 4.42. The summed E-state index contributed by atoms with van der Waals surface area (Å²) in [5.41, 5.74) is 6.94. The van der Waals surface area contributed by atoms with E-state index in [1.54, 1.807) is 7.11 Å². The average Bonchev–Trinajstić information content (AvgIpc) is 2.66. The molecule has 0 amide bonds. The molecular weight excluding hydrogens is 214 g/mol. The summed E-state index contributed by atoms with van der Waals surface area (Å²) in [5, 5.41) is 0. The lowest BCUT2D eigenvalue weighted by atomic mass is 9.91. The molecule has 2 N–H and O–H groups in total. The van der Waals surface area contributed by atoms with E-state index in [0.717, 1.165) is 12.3 Å². The molecule has 0 spiro atoms. The van der Waals surface area contributed by atoms with Crippen LogP contribution in [0.5, 0.6) is 5.75 Å². The molecule has 1 aromatic carbocycles. The average molecular weight is 233 g/mol. The highest BCUT2D eigenvalue weighted by Crippen LogP contribution is 2.33. The van der Waals surface area contributed by atoms with E-state index >= 15 is 0 Å². The summed E-state index contributed by atoms with van der Waals surface area (Å²) in [4.78, 5) is 6.48. The monoisotopic (exact) mass is 233 g/mol. The number of aliphatic imine (C=N–C) groups is 1. The number of nitrogens with zero attached hydrogens (tertiary/aromatic N) is 2. The van der Waals surface area contributed by atoms with Crippen molar-refractivity contribution >= 4 is 5.96 Å². The smallest absolute Gasteiger partial charge is 0.192 e. The molecule has 1 aromatic rings. The third-order valence-corrected chi connectivity index (χ3v) is 3.43. The van der Waals surface area contributed by atoms with Crippen molar-refractivity contribution in [3.8, 4) is 5.75 Å². The summed E-state index contributed by atoms with van der Waals surface area (Å²) >= 11 is 0. The molecule has 4 heteroatoms. The van der Waals surface area contributed by atoms with Gasteiger partial charge in [-0.1, -0.05) is 12.1 Å². The van der Waals surface area contributed by atoms with E-state index < -0.39 is 0 Å². The first-order valence-corrected chi connectivity index (χ1v) is 5.84. The van der Waals surface area contributed by atoms with E-state index in [-0.39, 0.29) is 5.54 Å². The Morgan fingerprint density at radius 1 is 1.53 bits per heavy atom. The molecule has 0 aromatic heterocycles. The Bertz CT molecular complexity index is 444. The highest BCUT2D eigenvalue weighted by atomic mass is 16.5. The van der Waals surface area contributed by atoms with Gasteiger partial charge < -0.3 is 15.4 Å². The number of hydrogen-bond donors (Lipinski definition) is 1. The summed E-state index contributed by atoms with van der Waals surface area (Å²) in [7, 11) is 1.68. The molecule has 1 unspecified atom stereocenters. The Morgan fingerprint density at radius 3 is 2.94 bits per heavy atom. The zero-order chi connectivity index (χ0) is 12.5. The normalized spacial score (nSPS) is 23.7. The van der Waals surface area contributed by atoms with Gasteiger partial charge in [0.1, 0.15) is 5.75 Å². The first kappa shape index (κ1) is 11.8. The largest absolute Gasteiger partial charge is 0.497 e. The molecule has 0 fully saturated rings. The molecule has 0 radical (unpaired) electrons. The number of benzene rings is 1. The number of ether oxygens (including phenoxy) is 1. The molecule has 0 bridgehead atoms. The fourth-order valence-electron chi connectivity index (χ4n) is 2.37. The van der Waals surface area contributed by atoms with Crippen LogP contribution in [-0.2, 0) is 5.54 Å². The minimum atomic E-state index is -0.159. The van der Waals surface area contributed by atoms with E-state index in [2.05, 4.69) is 35.9 Å². The van der Waals surface area contributed by atoms with Gasteiger partial charge in [0, 0.05) is 6.54 Å². The van der Waals surface area contributed by atoms with E-state index in [1.807, 2.05) is 12.1 Å². The Labute approximate surface area is 102 Å². The topological polar surface area (TPSA) is 50.8 Å². The van der Waals surface area contributed by atoms with Crippen LogP contribution >= 0.6 is 0 Å². The fourth-order valence-corrected chi connectivity index (χ4v) is 2.37. The molecule has 2 rings (SSSR count). The molecule has 0 saturated carbocycles. The summed E-state index contributed by atoms with van der Waals surface area (Å²) < 4.78 is 5.27. The van der Waals surface area contributed by atoms with Gasteiger partial charge in [0.05, 0.1) is 19.2 Å². The number of nitrogens with two attached hydrogens (primary N) is 1. The van der Waals surface area contributed by atoms with Crippen molar-refractivity contribution in [1.82, 2.24) is 4.90 Å². The minimum absolute atomic E-state index is 0.159. The third kappa shape index (κ3) is 1.84. The minimum Gasteiger partial charge on any atom is -0.497 e. The maximum Gasteiger partial charge on any atom is 0.192 e. The predicted molar refractivity (Wildman–Crippen MR) is 69.2 cm³/mol. The highest BCUT2D eigenvalue weighted by Gasteiger charge is 2.38. The Kier molecular flexibility index (Phi) is 2.96. The summed E-state index contributed by atoms with van der Waals surface area (Å²) in [5.74, 6) is 1.49. The second kappa shape index (κ2) is 4.28. The van der Waals surface area contributed by atoms with Crippen LogP contribution in [-0.4, -0.2) is 31.1 Å². The number of hydrogen-bond acceptors (Lipinski definition) is 4. The molecular formula is C13H19N3O. The standard InChI is InChI=1S/C13H19N3O/c1-4-16-12(14)15-9-13(16,2)10-6-5-7-11(8-10)17-3/h5-8H,4,9H2,1-3H3,(H2,14,15). The van der Waals surface area contributed by atoms with Gasteiger partial charge in [0.15, 0.2) is 5.96 Å². The number of methoxy groups -OCH3 is 1. The van der Waals surface area contributed by atoms with Crippen molar-refractivity contribution in [2.45, 2.75) is 19.4 Å². The predicted octanol–water partition coefficient (Wildman–Crippen LogP) is 1.56. The summed E-state index contributed by atoms with van der Waals surface area (Å²) in [6.07, 6.45) is 0. The Hall–Kier alpha value is -1.71. The highest BCUT2D eigenvalue weighted by molar-refractivity contribution is 5.81.